The molecule has 106 heavy (non-hydrogen) atoms. The largest absolute Gasteiger partial charge is 0.472 e. The van der Waals surface area contributed by atoms with Crippen LogP contribution < -0.4 is 0 Å². The number of carbonyl (C=O) groups excluding carboxylic acids is 4. The number of unbranched alkanes of at least 4 members (excludes halogenated alkanes) is 20. The Hall–Kier alpha value is -5.58. The lowest BCUT2D eigenvalue weighted by Crippen LogP contribution is -2.30. The Morgan fingerprint density at radius 3 is 0.802 bits per heavy atom. The molecule has 0 radical (unpaired) electrons. The smallest absolute Gasteiger partial charge is 0.462 e. The second-order valence-electron chi connectivity index (χ2n) is 26.2. The van der Waals surface area contributed by atoms with Crippen LogP contribution in [-0.4, -0.2) is 96.7 Å². The zero-order valence-electron chi connectivity index (χ0n) is 65.8. The Labute approximate surface area is 642 Å². The van der Waals surface area contributed by atoms with Crippen LogP contribution in [0.15, 0.2) is 170 Å². The fourth-order valence-electron chi connectivity index (χ4n) is 10.2. The molecule has 0 spiro atoms. The minimum Gasteiger partial charge on any atom is -0.462 e. The van der Waals surface area contributed by atoms with Crippen LogP contribution in [-0.2, 0) is 65.4 Å². The number of phosphoric acid groups is 2. The summed E-state index contributed by atoms with van der Waals surface area (Å²) in [6, 6.07) is 0. The predicted molar refractivity (Wildman–Crippen MR) is 436 cm³/mol. The van der Waals surface area contributed by atoms with Crippen molar-refractivity contribution < 1.29 is 80.2 Å². The summed E-state index contributed by atoms with van der Waals surface area (Å²) in [5.74, 6) is -2.30. The van der Waals surface area contributed by atoms with E-state index in [2.05, 4.69) is 186 Å². The van der Waals surface area contributed by atoms with Gasteiger partial charge in [-0.2, -0.15) is 0 Å². The number of allylic oxidation sites excluding steroid dienone is 28. The SMILES string of the molecule is CC/C=C\C/C=C\C/C=C\C/C=C\C/C=C\CCCCCC(=O)OCC(COP(=O)(O)OCC(O)COP(=O)(O)OCC(COC(=O)CCCCCCCC/C=C\C/C=C\C/C=C\C/C=C\CC)OC(=O)CCCCCCCCCCCCC)OC(=O)CCC/C=C\C/C=C\C/C=C\C/C=C\C/C=C\CC. The van der Waals surface area contributed by atoms with Gasteiger partial charge in [-0.05, 0) is 148 Å². The highest BCUT2D eigenvalue weighted by Crippen LogP contribution is 2.45. The summed E-state index contributed by atoms with van der Waals surface area (Å²) in [6.45, 7) is 4.40. The van der Waals surface area contributed by atoms with Crippen molar-refractivity contribution in [2.45, 2.75) is 316 Å². The molecule has 0 bridgehead atoms. The summed E-state index contributed by atoms with van der Waals surface area (Å²) in [5.41, 5.74) is 0. The van der Waals surface area contributed by atoms with E-state index in [1.165, 1.54) is 38.5 Å². The first-order chi connectivity index (χ1) is 51.7. The standard InChI is InChI=1S/C87H142O17P2/c1-5-9-13-17-21-25-29-32-35-38-40-43-45-48-52-55-59-63-67-71-84(89)97-77-82(103-86(91)73-69-65-61-57-51-28-24-20-16-12-8-4)79-101-105(93,94)99-75-81(88)76-100-106(95,96)102-80-83(104-87(92)74-70-66-62-58-54-50-47-42-37-34-31-27-23-19-15-11-7-3)78-98-85(90)72-68-64-60-56-53-49-46-44-41-39-36-33-30-26-22-18-14-10-6-2/h9-11,13-15,21-23,25-27,32-37,40-41,43-44,47,49-50,53,58,62,81-83,88H,5-8,12,16-20,24,28-31,38-39,42,45-46,48,51-52,54-57,59-61,63-80H2,1-4H3,(H,93,94)(H,95,96)/b13-9-,14-10-,15-11-,25-21-,26-22-,27-23-,35-32-,36-33-,37-34-,43-40-,44-41-,50-47-,53-49-,62-58-. The number of phosphoric ester groups is 2. The maximum absolute atomic E-state index is 13.1. The van der Waals surface area contributed by atoms with Crippen LogP contribution in [0.25, 0.3) is 0 Å². The molecule has 3 N–H and O–H groups in total. The van der Waals surface area contributed by atoms with Crippen LogP contribution in [0.1, 0.15) is 297 Å². The third-order valence-electron chi connectivity index (χ3n) is 16.2. The first-order valence-electron chi connectivity index (χ1n) is 40.4. The molecular formula is C87H142O17P2. The number of ether oxygens (including phenoxy) is 4. The van der Waals surface area contributed by atoms with Crippen LogP contribution in [0.2, 0.25) is 0 Å². The van der Waals surface area contributed by atoms with Gasteiger partial charge in [0.25, 0.3) is 0 Å². The molecule has 5 unspecified atom stereocenters. The molecule has 0 aromatic carbocycles. The quantitative estimate of drug-likeness (QED) is 0.0169. The average Bonchev–Trinajstić information content (AvgIpc) is 0.919. The first-order valence-corrected chi connectivity index (χ1v) is 43.4. The topological polar surface area (TPSA) is 237 Å². The van der Waals surface area contributed by atoms with E-state index < -0.39 is 97.5 Å². The third-order valence-corrected chi connectivity index (χ3v) is 18.1. The van der Waals surface area contributed by atoms with Crippen molar-refractivity contribution in [2.24, 2.45) is 0 Å². The van der Waals surface area contributed by atoms with Crippen LogP contribution in [0.3, 0.4) is 0 Å². The van der Waals surface area contributed by atoms with E-state index in [-0.39, 0.29) is 25.7 Å². The zero-order chi connectivity index (χ0) is 77.4. The number of esters is 4. The minimum atomic E-state index is -5.01. The summed E-state index contributed by atoms with van der Waals surface area (Å²) in [4.78, 5) is 73.0. The fraction of sp³-hybridized carbons (Fsp3) is 0.632. The van der Waals surface area contributed by atoms with Crippen molar-refractivity contribution in [1.29, 1.82) is 0 Å². The molecule has 0 aliphatic heterocycles. The van der Waals surface area contributed by atoms with Crippen molar-refractivity contribution in [1.82, 2.24) is 0 Å². The lowest BCUT2D eigenvalue weighted by molar-refractivity contribution is -0.161. The van der Waals surface area contributed by atoms with Gasteiger partial charge in [0.2, 0.25) is 0 Å². The second-order valence-corrected chi connectivity index (χ2v) is 29.1. The molecule has 17 nitrogen and oxygen atoms in total. The maximum atomic E-state index is 13.1. The van der Waals surface area contributed by atoms with Gasteiger partial charge in [-0.25, -0.2) is 9.13 Å². The number of carbonyl (C=O) groups is 4. The monoisotopic (exact) mass is 1520 g/mol. The summed E-state index contributed by atoms with van der Waals surface area (Å²) in [6.07, 6.45) is 92.0. The van der Waals surface area contributed by atoms with E-state index in [0.717, 1.165) is 173 Å². The Balaban J connectivity index is 5.43. The predicted octanol–water partition coefficient (Wildman–Crippen LogP) is 23.8. The Kier molecular flexibility index (Phi) is 73.5. The van der Waals surface area contributed by atoms with Gasteiger partial charge in [-0.1, -0.05) is 294 Å². The fourth-order valence-corrected chi connectivity index (χ4v) is 11.7. The molecule has 19 heteroatoms. The molecular weight excluding hydrogens is 1380 g/mol. The average molecular weight is 1520 g/mol. The Morgan fingerprint density at radius 1 is 0.274 bits per heavy atom. The van der Waals surface area contributed by atoms with Gasteiger partial charge >= 0.3 is 39.5 Å². The van der Waals surface area contributed by atoms with Gasteiger partial charge in [0, 0.05) is 25.7 Å². The number of hydrogen-bond donors (Lipinski definition) is 3. The van der Waals surface area contributed by atoms with Crippen molar-refractivity contribution in [2.75, 3.05) is 39.6 Å². The van der Waals surface area contributed by atoms with E-state index in [1.807, 2.05) is 12.2 Å². The molecule has 0 aliphatic carbocycles. The van der Waals surface area contributed by atoms with Gasteiger partial charge < -0.3 is 33.8 Å². The van der Waals surface area contributed by atoms with Crippen molar-refractivity contribution in [3.63, 3.8) is 0 Å². The lowest BCUT2D eigenvalue weighted by Gasteiger charge is -2.21. The summed E-state index contributed by atoms with van der Waals surface area (Å²) in [5, 5.41) is 10.6. The summed E-state index contributed by atoms with van der Waals surface area (Å²) < 4.78 is 68.5. The molecule has 0 saturated heterocycles. The molecule has 0 saturated carbocycles. The number of aliphatic hydroxyl groups excluding tert-OH is 1. The highest BCUT2D eigenvalue weighted by Gasteiger charge is 2.30. The molecule has 0 rings (SSSR count). The zero-order valence-corrected chi connectivity index (χ0v) is 67.6. The van der Waals surface area contributed by atoms with Crippen molar-refractivity contribution in [3.05, 3.63) is 170 Å². The van der Waals surface area contributed by atoms with Crippen LogP contribution in [0.5, 0.6) is 0 Å². The second kappa shape index (κ2) is 77.6. The number of rotatable bonds is 74. The number of aliphatic hydroxyl groups is 1. The van der Waals surface area contributed by atoms with Gasteiger partial charge in [0.1, 0.15) is 19.3 Å². The first kappa shape index (κ1) is 100. The molecule has 0 aromatic heterocycles. The van der Waals surface area contributed by atoms with E-state index in [0.29, 0.717) is 32.1 Å². The molecule has 0 amide bonds. The molecule has 602 valence electrons. The highest BCUT2D eigenvalue weighted by atomic mass is 31.2. The van der Waals surface area contributed by atoms with Crippen LogP contribution >= 0.6 is 15.6 Å². The molecule has 0 heterocycles. The lowest BCUT2D eigenvalue weighted by atomic mass is 10.1. The highest BCUT2D eigenvalue weighted by molar-refractivity contribution is 7.47. The summed E-state index contributed by atoms with van der Waals surface area (Å²) in [7, 11) is -10.00. The van der Waals surface area contributed by atoms with Gasteiger partial charge in [0.15, 0.2) is 12.2 Å². The van der Waals surface area contributed by atoms with Crippen LogP contribution in [0, 0.1) is 0 Å². The van der Waals surface area contributed by atoms with Crippen molar-refractivity contribution in [3.8, 4) is 0 Å². The minimum absolute atomic E-state index is 0.00312. The van der Waals surface area contributed by atoms with E-state index in [1.54, 1.807) is 0 Å². The third kappa shape index (κ3) is 76.6. The van der Waals surface area contributed by atoms with Gasteiger partial charge in [-0.3, -0.25) is 37.3 Å². The van der Waals surface area contributed by atoms with Crippen LogP contribution in [0.4, 0.5) is 0 Å². The maximum Gasteiger partial charge on any atom is 0.472 e. The summed E-state index contributed by atoms with van der Waals surface area (Å²) >= 11 is 0. The molecule has 0 aliphatic rings. The normalized spacial score (nSPS) is 14.7. The Morgan fingerprint density at radius 2 is 0.500 bits per heavy atom. The molecule has 0 fully saturated rings. The van der Waals surface area contributed by atoms with E-state index in [4.69, 9.17) is 37.0 Å². The number of hydrogen-bond acceptors (Lipinski definition) is 15. The molecule has 5 atom stereocenters. The van der Waals surface area contributed by atoms with E-state index >= 15 is 0 Å². The Bertz CT molecular complexity index is 2680. The van der Waals surface area contributed by atoms with E-state index in [9.17, 15) is 43.2 Å². The van der Waals surface area contributed by atoms with Gasteiger partial charge in [-0.15, -0.1) is 0 Å². The van der Waals surface area contributed by atoms with Gasteiger partial charge in [0.05, 0.1) is 26.4 Å². The molecule has 0 aromatic rings. The van der Waals surface area contributed by atoms with Crippen molar-refractivity contribution >= 4 is 39.5 Å².